The van der Waals surface area contributed by atoms with Crippen LogP contribution in [0.4, 0.5) is 0 Å². The number of cyclic esters (lactones) is 1. The molecule has 94 valence electrons. The van der Waals surface area contributed by atoms with Crippen molar-refractivity contribution in [2.45, 2.75) is 12.5 Å². The summed E-state index contributed by atoms with van der Waals surface area (Å²) in [7, 11) is 0. The first kappa shape index (κ1) is 11.7. The van der Waals surface area contributed by atoms with Crippen LogP contribution < -0.4 is 0 Å². The van der Waals surface area contributed by atoms with Crippen LogP contribution in [0.3, 0.4) is 0 Å². The summed E-state index contributed by atoms with van der Waals surface area (Å²) in [6.45, 7) is 0. The topological polar surface area (TPSA) is 26.3 Å². The maximum absolute atomic E-state index is 11.9. The van der Waals surface area contributed by atoms with E-state index in [2.05, 4.69) is 0 Å². The van der Waals surface area contributed by atoms with E-state index in [4.69, 9.17) is 4.74 Å². The molecular weight excluding hydrogens is 236 g/mol. The summed E-state index contributed by atoms with van der Waals surface area (Å²) < 4.78 is 5.42. The molecule has 2 aromatic carbocycles. The van der Waals surface area contributed by atoms with Crippen LogP contribution in [0.2, 0.25) is 0 Å². The van der Waals surface area contributed by atoms with Gasteiger partial charge in [0.15, 0.2) is 0 Å². The Balaban J connectivity index is 1.83. The molecule has 0 saturated carbocycles. The number of hydrogen-bond acceptors (Lipinski definition) is 2. The van der Waals surface area contributed by atoms with E-state index in [1.165, 1.54) is 0 Å². The number of ether oxygens (including phenoxy) is 1. The average Bonchev–Trinajstić information content (AvgIpc) is 2.82. The second-order valence-corrected chi connectivity index (χ2v) is 4.59. The standard InChI is InChI=1S/C17H14O2/c18-17-15(11-13-7-3-1-4-8-13)12-16(19-17)14-9-5-2-6-10-14/h1-11,16H,12H2/b15-11+. The van der Waals surface area contributed by atoms with E-state index >= 15 is 0 Å². The predicted molar refractivity (Wildman–Crippen MR) is 74.3 cm³/mol. The Labute approximate surface area is 112 Å². The summed E-state index contributed by atoms with van der Waals surface area (Å²) in [5, 5.41) is 0. The summed E-state index contributed by atoms with van der Waals surface area (Å²) >= 11 is 0. The Morgan fingerprint density at radius 1 is 0.947 bits per heavy atom. The molecule has 1 aliphatic heterocycles. The van der Waals surface area contributed by atoms with Gasteiger partial charge in [0.25, 0.3) is 0 Å². The van der Waals surface area contributed by atoms with E-state index in [0.717, 1.165) is 16.7 Å². The van der Waals surface area contributed by atoms with Crippen LogP contribution in [0, 0.1) is 0 Å². The molecule has 1 unspecified atom stereocenters. The summed E-state index contributed by atoms with van der Waals surface area (Å²) in [6, 6.07) is 19.7. The molecule has 2 aromatic rings. The lowest BCUT2D eigenvalue weighted by atomic mass is 10.0. The van der Waals surface area contributed by atoms with Crippen molar-refractivity contribution in [2.75, 3.05) is 0 Å². The Hall–Kier alpha value is -2.35. The zero-order valence-electron chi connectivity index (χ0n) is 10.5. The van der Waals surface area contributed by atoms with Gasteiger partial charge in [-0.1, -0.05) is 60.7 Å². The van der Waals surface area contributed by atoms with Crippen LogP contribution in [0.15, 0.2) is 66.2 Å². The predicted octanol–water partition coefficient (Wildman–Crippen LogP) is 3.76. The molecule has 1 saturated heterocycles. The highest BCUT2D eigenvalue weighted by molar-refractivity contribution is 5.95. The molecule has 0 spiro atoms. The van der Waals surface area contributed by atoms with Gasteiger partial charge in [-0.25, -0.2) is 4.79 Å². The Morgan fingerprint density at radius 2 is 1.58 bits per heavy atom. The second-order valence-electron chi connectivity index (χ2n) is 4.59. The largest absolute Gasteiger partial charge is 0.454 e. The van der Waals surface area contributed by atoms with Crippen molar-refractivity contribution < 1.29 is 9.53 Å². The number of benzene rings is 2. The fourth-order valence-electron chi connectivity index (χ4n) is 2.25. The van der Waals surface area contributed by atoms with Gasteiger partial charge < -0.3 is 4.74 Å². The smallest absolute Gasteiger partial charge is 0.334 e. The average molecular weight is 250 g/mol. The van der Waals surface area contributed by atoms with Gasteiger partial charge in [0.05, 0.1) is 0 Å². The molecule has 0 aliphatic carbocycles. The number of hydrogen-bond donors (Lipinski definition) is 0. The Bertz CT molecular complexity index is 600. The Kier molecular flexibility index (Phi) is 3.15. The third-order valence-electron chi connectivity index (χ3n) is 3.23. The molecule has 0 amide bonds. The third-order valence-corrected chi connectivity index (χ3v) is 3.23. The molecule has 0 radical (unpaired) electrons. The van der Waals surface area contributed by atoms with E-state index in [-0.39, 0.29) is 12.1 Å². The quantitative estimate of drug-likeness (QED) is 0.599. The minimum atomic E-state index is -0.210. The SMILES string of the molecule is O=C1OC(c2ccccc2)C/C1=C\c1ccccc1. The molecule has 1 fully saturated rings. The first-order valence-corrected chi connectivity index (χ1v) is 6.34. The van der Waals surface area contributed by atoms with Gasteiger partial charge in [0, 0.05) is 12.0 Å². The molecule has 0 bridgehead atoms. The maximum atomic E-state index is 11.9. The van der Waals surface area contributed by atoms with Crippen LogP contribution in [-0.2, 0) is 9.53 Å². The molecular formula is C17H14O2. The molecule has 0 N–H and O–H groups in total. The second kappa shape index (κ2) is 5.11. The fraction of sp³-hybridized carbons (Fsp3) is 0.118. The van der Waals surface area contributed by atoms with E-state index in [1.807, 2.05) is 66.7 Å². The number of esters is 1. The maximum Gasteiger partial charge on any atom is 0.334 e. The minimum absolute atomic E-state index is 0.149. The fourth-order valence-corrected chi connectivity index (χ4v) is 2.25. The normalized spacial score (nSPS) is 20.5. The van der Waals surface area contributed by atoms with Gasteiger partial charge in [-0.05, 0) is 17.2 Å². The van der Waals surface area contributed by atoms with Gasteiger partial charge in [-0.15, -0.1) is 0 Å². The van der Waals surface area contributed by atoms with Crippen LogP contribution in [0.1, 0.15) is 23.7 Å². The number of rotatable bonds is 2. The van der Waals surface area contributed by atoms with E-state index < -0.39 is 0 Å². The lowest BCUT2D eigenvalue weighted by molar-refractivity contribution is -0.139. The van der Waals surface area contributed by atoms with Crippen LogP contribution in [0.25, 0.3) is 6.08 Å². The number of carbonyl (C=O) groups is 1. The van der Waals surface area contributed by atoms with Crippen molar-refractivity contribution in [1.29, 1.82) is 0 Å². The van der Waals surface area contributed by atoms with Crippen molar-refractivity contribution in [3.05, 3.63) is 77.4 Å². The first-order chi connectivity index (χ1) is 9.33. The highest BCUT2D eigenvalue weighted by atomic mass is 16.5. The lowest BCUT2D eigenvalue weighted by Crippen LogP contribution is -1.98. The van der Waals surface area contributed by atoms with Crippen molar-refractivity contribution >= 4 is 12.0 Å². The number of carbonyl (C=O) groups excluding carboxylic acids is 1. The van der Waals surface area contributed by atoms with Crippen molar-refractivity contribution in [1.82, 2.24) is 0 Å². The van der Waals surface area contributed by atoms with Gasteiger partial charge in [-0.3, -0.25) is 0 Å². The van der Waals surface area contributed by atoms with Crippen molar-refractivity contribution in [3.8, 4) is 0 Å². The third kappa shape index (κ3) is 2.58. The lowest BCUT2D eigenvalue weighted by Gasteiger charge is -2.07. The monoisotopic (exact) mass is 250 g/mol. The van der Waals surface area contributed by atoms with Gasteiger partial charge in [0.2, 0.25) is 0 Å². The van der Waals surface area contributed by atoms with Crippen molar-refractivity contribution in [2.24, 2.45) is 0 Å². The van der Waals surface area contributed by atoms with E-state index in [0.29, 0.717) is 6.42 Å². The molecule has 3 rings (SSSR count). The molecule has 2 heteroatoms. The summed E-state index contributed by atoms with van der Waals surface area (Å²) in [6.07, 6.45) is 2.40. The van der Waals surface area contributed by atoms with E-state index in [1.54, 1.807) is 0 Å². The molecule has 1 aliphatic rings. The van der Waals surface area contributed by atoms with Crippen LogP contribution in [-0.4, -0.2) is 5.97 Å². The molecule has 0 aromatic heterocycles. The van der Waals surface area contributed by atoms with Gasteiger partial charge in [-0.2, -0.15) is 0 Å². The molecule has 1 heterocycles. The first-order valence-electron chi connectivity index (χ1n) is 6.34. The van der Waals surface area contributed by atoms with Gasteiger partial charge in [0.1, 0.15) is 6.10 Å². The molecule has 1 atom stereocenters. The molecule has 2 nitrogen and oxygen atoms in total. The van der Waals surface area contributed by atoms with Crippen molar-refractivity contribution in [3.63, 3.8) is 0 Å². The summed E-state index contributed by atoms with van der Waals surface area (Å²) in [5.74, 6) is -0.210. The highest BCUT2D eigenvalue weighted by Gasteiger charge is 2.29. The van der Waals surface area contributed by atoms with Gasteiger partial charge >= 0.3 is 5.97 Å². The minimum Gasteiger partial charge on any atom is -0.454 e. The zero-order valence-corrected chi connectivity index (χ0v) is 10.5. The van der Waals surface area contributed by atoms with Crippen LogP contribution >= 0.6 is 0 Å². The molecule has 19 heavy (non-hydrogen) atoms. The highest BCUT2D eigenvalue weighted by Crippen LogP contribution is 2.33. The summed E-state index contributed by atoms with van der Waals surface area (Å²) in [4.78, 5) is 11.9. The van der Waals surface area contributed by atoms with Crippen LogP contribution in [0.5, 0.6) is 0 Å². The zero-order chi connectivity index (χ0) is 13.1. The Morgan fingerprint density at radius 3 is 2.26 bits per heavy atom. The van der Waals surface area contributed by atoms with E-state index in [9.17, 15) is 4.79 Å². The summed E-state index contributed by atoms with van der Waals surface area (Å²) in [5.41, 5.74) is 2.82.